The van der Waals surface area contributed by atoms with Crippen LogP contribution in [-0.4, -0.2) is 23.2 Å². The smallest absolute Gasteiger partial charge is 0.0319 e. The Labute approximate surface area is 99.9 Å². The Balaban J connectivity index is 0. The number of hydrogen-bond acceptors (Lipinski definition) is 1. The molecule has 0 aromatic rings. The molecular weight excluding hydrogens is 204 g/mol. The van der Waals surface area contributed by atoms with Crippen molar-refractivity contribution in [1.82, 2.24) is 0 Å². The van der Waals surface area contributed by atoms with E-state index in [1.54, 1.807) is 25.7 Å². The second-order valence-electron chi connectivity index (χ2n) is 5.08. The molecule has 0 heterocycles. The van der Waals surface area contributed by atoms with E-state index in [9.17, 15) is 0 Å². The standard InChI is InChI=1S/C12H22.CH4O.2H2O/c1-2-11-6-5-9-12(10-11)7-3-4-8-12;1-2;;/h11H,2-10H2,1H3;2H,1H3;2*1H2. The van der Waals surface area contributed by atoms with Gasteiger partial charge in [-0.1, -0.05) is 39.0 Å². The van der Waals surface area contributed by atoms with Crippen LogP contribution in [0.15, 0.2) is 0 Å². The van der Waals surface area contributed by atoms with Crippen molar-refractivity contribution in [3.63, 3.8) is 0 Å². The molecule has 2 saturated carbocycles. The quantitative estimate of drug-likeness (QED) is 0.740. The third-order valence-electron chi connectivity index (χ3n) is 4.28. The van der Waals surface area contributed by atoms with Crippen molar-refractivity contribution in [2.24, 2.45) is 11.3 Å². The molecule has 1 unspecified atom stereocenters. The largest absolute Gasteiger partial charge is 0.412 e. The third-order valence-corrected chi connectivity index (χ3v) is 4.28. The van der Waals surface area contributed by atoms with E-state index >= 15 is 0 Å². The lowest BCUT2D eigenvalue weighted by atomic mass is 9.68. The van der Waals surface area contributed by atoms with Gasteiger partial charge < -0.3 is 16.1 Å². The molecule has 0 aromatic heterocycles. The van der Waals surface area contributed by atoms with Crippen molar-refractivity contribution in [2.45, 2.75) is 64.7 Å². The van der Waals surface area contributed by atoms with E-state index < -0.39 is 0 Å². The molecular formula is C13H30O3. The van der Waals surface area contributed by atoms with Crippen LogP contribution in [0.4, 0.5) is 0 Å². The van der Waals surface area contributed by atoms with Gasteiger partial charge in [0, 0.05) is 7.11 Å². The van der Waals surface area contributed by atoms with Crippen molar-refractivity contribution in [3.05, 3.63) is 0 Å². The van der Waals surface area contributed by atoms with Gasteiger partial charge in [-0.25, -0.2) is 0 Å². The van der Waals surface area contributed by atoms with E-state index in [4.69, 9.17) is 5.11 Å². The van der Waals surface area contributed by atoms with Crippen LogP contribution in [0, 0.1) is 11.3 Å². The summed E-state index contributed by atoms with van der Waals surface area (Å²) in [5.41, 5.74) is 0.846. The zero-order valence-corrected chi connectivity index (χ0v) is 10.9. The van der Waals surface area contributed by atoms with Crippen LogP contribution in [0.25, 0.3) is 0 Å². The number of hydrogen-bond donors (Lipinski definition) is 1. The lowest BCUT2D eigenvalue weighted by molar-refractivity contribution is 0.141. The van der Waals surface area contributed by atoms with Crippen LogP contribution in [0.5, 0.6) is 0 Å². The average Bonchev–Trinajstić information content (AvgIpc) is 2.69. The van der Waals surface area contributed by atoms with E-state index in [1.807, 2.05) is 0 Å². The van der Waals surface area contributed by atoms with Crippen LogP contribution < -0.4 is 0 Å². The van der Waals surface area contributed by atoms with Gasteiger partial charge >= 0.3 is 0 Å². The summed E-state index contributed by atoms with van der Waals surface area (Å²) in [5.74, 6) is 1.08. The molecule has 1 atom stereocenters. The monoisotopic (exact) mass is 234 g/mol. The molecule has 0 radical (unpaired) electrons. The van der Waals surface area contributed by atoms with Gasteiger partial charge in [-0.15, -0.1) is 0 Å². The zero-order valence-electron chi connectivity index (χ0n) is 10.9. The maximum Gasteiger partial charge on any atom is 0.0319 e. The summed E-state index contributed by atoms with van der Waals surface area (Å²) in [4.78, 5) is 0. The summed E-state index contributed by atoms with van der Waals surface area (Å²) in [5, 5.41) is 7.00. The summed E-state index contributed by atoms with van der Waals surface area (Å²) in [6, 6.07) is 0. The van der Waals surface area contributed by atoms with Gasteiger partial charge in [0.25, 0.3) is 0 Å². The van der Waals surface area contributed by atoms with E-state index in [0.717, 1.165) is 18.4 Å². The lowest BCUT2D eigenvalue weighted by Crippen LogP contribution is -2.25. The summed E-state index contributed by atoms with van der Waals surface area (Å²) in [7, 11) is 1.00. The normalized spacial score (nSPS) is 26.1. The van der Waals surface area contributed by atoms with Crippen LogP contribution in [0.3, 0.4) is 0 Å². The maximum absolute atomic E-state index is 7.00. The average molecular weight is 234 g/mol. The van der Waals surface area contributed by atoms with E-state index in [-0.39, 0.29) is 11.0 Å². The summed E-state index contributed by atoms with van der Waals surface area (Å²) in [6.45, 7) is 2.37. The highest BCUT2D eigenvalue weighted by atomic mass is 16.2. The molecule has 2 aliphatic rings. The number of aliphatic hydroxyl groups excluding tert-OH is 1. The van der Waals surface area contributed by atoms with Gasteiger partial charge in [0.2, 0.25) is 0 Å². The molecule has 0 aliphatic heterocycles. The Morgan fingerprint density at radius 2 is 1.50 bits per heavy atom. The SMILES string of the molecule is CCC1CCCC2(CCCC2)C1.CO.O.O. The highest BCUT2D eigenvalue weighted by Gasteiger charge is 2.37. The highest BCUT2D eigenvalue weighted by Crippen LogP contribution is 2.51. The first-order valence-electron chi connectivity index (χ1n) is 6.29. The van der Waals surface area contributed by atoms with E-state index in [2.05, 4.69) is 6.92 Å². The van der Waals surface area contributed by atoms with Crippen LogP contribution >= 0.6 is 0 Å². The predicted octanol–water partition coefficient (Wildman–Crippen LogP) is 2.11. The van der Waals surface area contributed by atoms with Gasteiger partial charge in [-0.05, 0) is 37.0 Å². The minimum Gasteiger partial charge on any atom is -0.412 e. The van der Waals surface area contributed by atoms with E-state index in [1.165, 1.54) is 32.1 Å². The first-order valence-corrected chi connectivity index (χ1v) is 6.29. The second kappa shape index (κ2) is 8.97. The fourth-order valence-corrected chi connectivity index (χ4v) is 3.51. The van der Waals surface area contributed by atoms with Crippen molar-refractivity contribution in [2.75, 3.05) is 7.11 Å². The Morgan fingerprint density at radius 1 is 1.00 bits per heavy atom. The Kier molecular flexibility index (Phi) is 10.2. The molecule has 0 bridgehead atoms. The molecule has 2 aliphatic carbocycles. The number of aliphatic hydroxyl groups is 1. The first-order chi connectivity index (χ1) is 6.85. The van der Waals surface area contributed by atoms with Gasteiger partial charge in [0.1, 0.15) is 0 Å². The fraction of sp³-hybridized carbons (Fsp3) is 1.00. The first kappa shape index (κ1) is 18.3. The van der Waals surface area contributed by atoms with Gasteiger partial charge in [-0.2, -0.15) is 0 Å². The van der Waals surface area contributed by atoms with Gasteiger partial charge in [-0.3, -0.25) is 0 Å². The predicted molar refractivity (Wildman–Crippen MR) is 68.5 cm³/mol. The summed E-state index contributed by atoms with van der Waals surface area (Å²) in [6.07, 6.45) is 13.8. The Hall–Kier alpha value is -0.120. The molecule has 3 heteroatoms. The van der Waals surface area contributed by atoms with Crippen molar-refractivity contribution >= 4 is 0 Å². The van der Waals surface area contributed by atoms with Crippen molar-refractivity contribution in [1.29, 1.82) is 0 Å². The molecule has 5 N–H and O–H groups in total. The minimum atomic E-state index is 0. The van der Waals surface area contributed by atoms with Gasteiger partial charge in [0.15, 0.2) is 0 Å². The highest BCUT2D eigenvalue weighted by molar-refractivity contribution is 4.89. The van der Waals surface area contributed by atoms with Crippen LogP contribution in [0.2, 0.25) is 0 Å². The molecule has 0 amide bonds. The van der Waals surface area contributed by atoms with Crippen LogP contribution in [-0.2, 0) is 0 Å². The second-order valence-corrected chi connectivity index (χ2v) is 5.08. The minimum absolute atomic E-state index is 0. The van der Waals surface area contributed by atoms with Crippen molar-refractivity contribution in [3.8, 4) is 0 Å². The summed E-state index contributed by atoms with van der Waals surface area (Å²) < 4.78 is 0. The summed E-state index contributed by atoms with van der Waals surface area (Å²) >= 11 is 0. The molecule has 2 fully saturated rings. The third kappa shape index (κ3) is 4.40. The topological polar surface area (TPSA) is 83.2 Å². The molecule has 3 nitrogen and oxygen atoms in total. The lowest BCUT2D eigenvalue weighted by Gasteiger charge is -2.37. The maximum atomic E-state index is 7.00. The molecule has 0 saturated heterocycles. The molecule has 0 aromatic carbocycles. The zero-order chi connectivity index (χ0) is 10.4. The van der Waals surface area contributed by atoms with E-state index in [0.29, 0.717) is 0 Å². The number of rotatable bonds is 1. The van der Waals surface area contributed by atoms with Crippen LogP contribution in [0.1, 0.15) is 64.7 Å². The Bertz CT molecular complexity index is 153. The fourth-order valence-electron chi connectivity index (χ4n) is 3.51. The molecule has 100 valence electrons. The molecule has 1 spiro atoms. The Morgan fingerprint density at radius 3 is 2.00 bits per heavy atom. The van der Waals surface area contributed by atoms with Gasteiger partial charge in [0.05, 0.1) is 0 Å². The van der Waals surface area contributed by atoms with Crippen molar-refractivity contribution < 1.29 is 16.1 Å². The molecule has 16 heavy (non-hydrogen) atoms. The molecule has 2 rings (SSSR count).